The van der Waals surface area contributed by atoms with Gasteiger partial charge in [-0.2, -0.15) is 0 Å². The standard InChI is InChI=1S/C18H21N3O2S/c1-20(11-15-10-13(12-24-15)17(19)22)16-8-5-9-21(18(16)23)14-6-3-2-4-7-14/h2-4,6-7,10,12,16H,5,8-9,11H2,1H3,(H2,19,22)/t16-/m1/s1. The van der Waals surface area contributed by atoms with Gasteiger partial charge in [0.15, 0.2) is 0 Å². The van der Waals surface area contributed by atoms with Crippen molar-refractivity contribution < 1.29 is 9.59 Å². The number of carbonyl (C=O) groups is 2. The Morgan fingerprint density at radius 1 is 1.38 bits per heavy atom. The Balaban J connectivity index is 1.70. The Kier molecular flexibility index (Phi) is 4.97. The Hall–Kier alpha value is -2.18. The van der Waals surface area contributed by atoms with Crippen molar-refractivity contribution in [2.75, 3.05) is 18.5 Å². The molecule has 3 rings (SSSR count). The molecule has 2 amide bonds. The summed E-state index contributed by atoms with van der Waals surface area (Å²) < 4.78 is 0. The van der Waals surface area contributed by atoms with E-state index in [2.05, 4.69) is 4.90 Å². The van der Waals surface area contributed by atoms with Gasteiger partial charge in [0.2, 0.25) is 11.8 Å². The van der Waals surface area contributed by atoms with E-state index in [1.54, 1.807) is 5.38 Å². The lowest BCUT2D eigenvalue weighted by Gasteiger charge is -2.36. The van der Waals surface area contributed by atoms with E-state index in [-0.39, 0.29) is 11.9 Å². The maximum atomic E-state index is 12.9. The number of nitrogens with two attached hydrogens (primary N) is 1. The molecule has 0 unspecified atom stereocenters. The van der Waals surface area contributed by atoms with Crippen LogP contribution in [0.2, 0.25) is 0 Å². The molecule has 5 nitrogen and oxygen atoms in total. The van der Waals surface area contributed by atoms with Crippen LogP contribution in [0.3, 0.4) is 0 Å². The van der Waals surface area contributed by atoms with Crippen LogP contribution in [-0.2, 0) is 11.3 Å². The van der Waals surface area contributed by atoms with E-state index in [0.717, 1.165) is 30.0 Å². The highest BCUT2D eigenvalue weighted by atomic mass is 32.1. The zero-order chi connectivity index (χ0) is 17.1. The third-order valence-electron chi connectivity index (χ3n) is 4.35. The fourth-order valence-electron chi connectivity index (χ4n) is 3.08. The first-order chi connectivity index (χ1) is 11.6. The van der Waals surface area contributed by atoms with Crippen molar-refractivity contribution in [3.63, 3.8) is 0 Å². The molecule has 1 fully saturated rings. The molecular weight excluding hydrogens is 322 g/mol. The van der Waals surface area contributed by atoms with Crippen LogP contribution < -0.4 is 10.6 Å². The number of carbonyl (C=O) groups excluding carboxylic acids is 2. The van der Waals surface area contributed by atoms with E-state index >= 15 is 0 Å². The van der Waals surface area contributed by atoms with E-state index in [4.69, 9.17) is 5.73 Å². The number of nitrogens with zero attached hydrogens (tertiary/aromatic N) is 2. The molecule has 0 aliphatic carbocycles. The summed E-state index contributed by atoms with van der Waals surface area (Å²) in [4.78, 5) is 29.1. The normalized spacial score (nSPS) is 18.2. The smallest absolute Gasteiger partial charge is 0.249 e. The monoisotopic (exact) mass is 343 g/mol. The van der Waals surface area contributed by atoms with Gasteiger partial charge in [-0.05, 0) is 38.1 Å². The molecule has 0 radical (unpaired) electrons. The molecular formula is C18H21N3O2S. The van der Waals surface area contributed by atoms with Crippen LogP contribution in [-0.4, -0.2) is 36.3 Å². The first kappa shape index (κ1) is 16.7. The van der Waals surface area contributed by atoms with Gasteiger partial charge in [-0.25, -0.2) is 0 Å². The second-order valence-electron chi connectivity index (χ2n) is 6.06. The Bertz CT molecular complexity index is 729. The number of primary amides is 1. The highest BCUT2D eigenvalue weighted by Gasteiger charge is 2.32. The lowest BCUT2D eigenvalue weighted by Crippen LogP contribution is -2.51. The number of hydrogen-bond donors (Lipinski definition) is 1. The number of thiophene rings is 1. The first-order valence-corrected chi connectivity index (χ1v) is 8.88. The average Bonchev–Trinajstić information content (AvgIpc) is 3.04. The molecule has 1 aliphatic heterocycles. The number of hydrogen-bond acceptors (Lipinski definition) is 4. The summed E-state index contributed by atoms with van der Waals surface area (Å²) >= 11 is 1.50. The fourth-order valence-corrected chi connectivity index (χ4v) is 4.01. The molecule has 126 valence electrons. The average molecular weight is 343 g/mol. The number of likely N-dealkylation sites (N-methyl/N-ethyl adjacent to an activating group) is 1. The minimum Gasteiger partial charge on any atom is -0.366 e. The van der Waals surface area contributed by atoms with Crippen LogP contribution in [0, 0.1) is 0 Å². The summed E-state index contributed by atoms with van der Waals surface area (Å²) in [5, 5.41) is 1.77. The number of amides is 2. The number of rotatable bonds is 5. The molecule has 2 aromatic rings. The van der Waals surface area contributed by atoms with Crippen molar-refractivity contribution in [1.29, 1.82) is 0 Å². The summed E-state index contributed by atoms with van der Waals surface area (Å²) in [6.45, 7) is 1.40. The highest BCUT2D eigenvalue weighted by Crippen LogP contribution is 2.25. The van der Waals surface area contributed by atoms with Crippen molar-refractivity contribution in [3.05, 3.63) is 52.2 Å². The summed E-state index contributed by atoms with van der Waals surface area (Å²) in [6.07, 6.45) is 1.83. The molecule has 0 spiro atoms. The predicted octanol–water partition coefficient (Wildman–Crippen LogP) is 2.47. The summed E-state index contributed by atoms with van der Waals surface area (Å²) in [6, 6.07) is 11.5. The van der Waals surface area contributed by atoms with Crippen LogP contribution in [0.25, 0.3) is 0 Å². The van der Waals surface area contributed by atoms with Crippen LogP contribution >= 0.6 is 11.3 Å². The van der Waals surface area contributed by atoms with Crippen LogP contribution in [0.15, 0.2) is 41.8 Å². The lowest BCUT2D eigenvalue weighted by molar-refractivity contribution is -0.125. The Morgan fingerprint density at radius 3 is 2.79 bits per heavy atom. The SMILES string of the molecule is CN(Cc1cc(C(N)=O)cs1)[C@@H]1CCCN(c2ccccc2)C1=O. The third kappa shape index (κ3) is 3.49. The Morgan fingerprint density at radius 2 is 2.12 bits per heavy atom. The molecule has 0 bridgehead atoms. The van der Waals surface area contributed by atoms with Crippen molar-refractivity contribution in [2.45, 2.75) is 25.4 Å². The second-order valence-corrected chi connectivity index (χ2v) is 7.06. The third-order valence-corrected chi connectivity index (χ3v) is 5.28. The zero-order valence-corrected chi connectivity index (χ0v) is 14.5. The van der Waals surface area contributed by atoms with Gasteiger partial charge in [0.1, 0.15) is 0 Å². The maximum Gasteiger partial charge on any atom is 0.249 e. The van der Waals surface area contributed by atoms with Gasteiger partial charge in [0.05, 0.1) is 11.6 Å². The molecule has 0 saturated carbocycles. The largest absolute Gasteiger partial charge is 0.366 e. The van der Waals surface area contributed by atoms with Crippen molar-refractivity contribution in [2.24, 2.45) is 5.73 Å². The molecule has 6 heteroatoms. The lowest BCUT2D eigenvalue weighted by atomic mass is 10.0. The van der Waals surface area contributed by atoms with E-state index in [0.29, 0.717) is 12.1 Å². The van der Waals surface area contributed by atoms with Crippen molar-refractivity contribution >= 4 is 28.8 Å². The number of piperidine rings is 1. The maximum absolute atomic E-state index is 12.9. The molecule has 1 aromatic heterocycles. The van der Waals surface area contributed by atoms with E-state index in [1.165, 1.54) is 11.3 Å². The molecule has 1 aliphatic rings. The fraction of sp³-hybridized carbons (Fsp3) is 0.333. The van der Waals surface area contributed by atoms with Gasteiger partial charge < -0.3 is 10.6 Å². The van der Waals surface area contributed by atoms with Crippen LogP contribution in [0.5, 0.6) is 0 Å². The Labute approximate surface area is 145 Å². The van der Waals surface area contributed by atoms with E-state index in [1.807, 2.05) is 48.3 Å². The molecule has 1 atom stereocenters. The summed E-state index contributed by atoms with van der Waals surface area (Å²) in [5.41, 5.74) is 6.78. The number of benzene rings is 1. The topological polar surface area (TPSA) is 66.6 Å². The molecule has 2 N–H and O–H groups in total. The molecule has 1 aromatic carbocycles. The quantitative estimate of drug-likeness (QED) is 0.907. The van der Waals surface area contributed by atoms with Crippen molar-refractivity contribution in [3.8, 4) is 0 Å². The first-order valence-electron chi connectivity index (χ1n) is 8.00. The zero-order valence-electron chi connectivity index (χ0n) is 13.6. The minimum absolute atomic E-state index is 0.140. The van der Waals surface area contributed by atoms with E-state index < -0.39 is 5.91 Å². The highest BCUT2D eigenvalue weighted by molar-refractivity contribution is 7.10. The molecule has 24 heavy (non-hydrogen) atoms. The number of anilines is 1. The molecule has 2 heterocycles. The predicted molar refractivity (Wildman–Crippen MR) is 96.1 cm³/mol. The van der Waals surface area contributed by atoms with Gasteiger partial charge in [-0.3, -0.25) is 14.5 Å². The van der Waals surface area contributed by atoms with Crippen LogP contribution in [0.4, 0.5) is 5.69 Å². The van der Waals surface area contributed by atoms with Gasteiger partial charge in [0.25, 0.3) is 0 Å². The van der Waals surface area contributed by atoms with Gasteiger partial charge in [-0.1, -0.05) is 18.2 Å². The summed E-state index contributed by atoms with van der Waals surface area (Å²) in [5.74, 6) is -0.272. The minimum atomic E-state index is -0.413. The van der Waals surface area contributed by atoms with E-state index in [9.17, 15) is 9.59 Å². The van der Waals surface area contributed by atoms with Gasteiger partial charge in [0, 0.05) is 29.0 Å². The van der Waals surface area contributed by atoms with Gasteiger partial charge in [-0.15, -0.1) is 11.3 Å². The molecule has 1 saturated heterocycles. The summed E-state index contributed by atoms with van der Waals surface area (Å²) in [7, 11) is 1.96. The van der Waals surface area contributed by atoms with Crippen LogP contribution in [0.1, 0.15) is 28.1 Å². The van der Waals surface area contributed by atoms with Gasteiger partial charge >= 0.3 is 0 Å². The number of para-hydroxylation sites is 1. The van der Waals surface area contributed by atoms with Crippen molar-refractivity contribution in [1.82, 2.24) is 4.90 Å². The second kappa shape index (κ2) is 7.15.